The molecule has 6 heteroatoms. The number of halogens is 2. The maximum absolute atomic E-state index is 6.09. The Morgan fingerprint density at radius 2 is 1.88 bits per heavy atom. The third-order valence-electron chi connectivity index (χ3n) is 4.03. The molecule has 0 radical (unpaired) electrons. The van der Waals surface area contributed by atoms with Crippen LogP contribution in [0.25, 0.3) is 0 Å². The molecule has 1 N–H and O–H groups in total. The summed E-state index contributed by atoms with van der Waals surface area (Å²) in [6.45, 7) is 2.86. The number of fused-ring (bicyclic) bond motifs is 2. The lowest BCUT2D eigenvalue weighted by molar-refractivity contribution is 0.302. The highest BCUT2D eigenvalue weighted by molar-refractivity contribution is 6.31. The van der Waals surface area contributed by atoms with Gasteiger partial charge < -0.3 is 19.7 Å². The summed E-state index contributed by atoms with van der Waals surface area (Å²) in [6, 6.07) is 11.1. The molecular formula is C19H16Cl2N2O2. The highest BCUT2D eigenvalue weighted by Crippen LogP contribution is 2.40. The Kier molecular flexibility index (Phi) is 4.24. The lowest BCUT2D eigenvalue weighted by Gasteiger charge is -2.15. The lowest BCUT2D eigenvalue weighted by atomic mass is 10.3. The average Bonchev–Trinajstić information content (AvgIpc) is 3.14. The second kappa shape index (κ2) is 6.54. The Morgan fingerprint density at radius 3 is 2.68 bits per heavy atom. The Balaban J connectivity index is 1.48. The van der Waals surface area contributed by atoms with Crippen LogP contribution in [0.4, 0.5) is 11.4 Å². The van der Waals surface area contributed by atoms with Crippen molar-refractivity contribution in [3.05, 3.63) is 70.6 Å². The number of benzene rings is 2. The van der Waals surface area contributed by atoms with Gasteiger partial charge in [0.05, 0.1) is 11.4 Å². The van der Waals surface area contributed by atoms with Crippen LogP contribution in [0.15, 0.2) is 60.5 Å². The SMILES string of the molecule is CCN1C(=CC=CC2Nc3cc(Cl)ccc3O2)Oc2ccc(Cl)cc21. The molecule has 0 saturated heterocycles. The molecule has 2 aromatic carbocycles. The van der Waals surface area contributed by atoms with E-state index in [9.17, 15) is 0 Å². The van der Waals surface area contributed by atoms with Crippen LogP contribution in [-0.2, 0) is 0 Å². The molecule has 2 heterocycles. The summed E-state index contributed by atoms with van der Waals surface area (Å²) in [5.41, 5.74) is 1.87. The fraction of sp³-hybridized carbons (Fsp3) is 0.158. The van der Waals surface area contributed by atoms with Gasteiger partial charge >= 0.3 is 0 Å². The first kappa shape index (κ1) is 16.2. The molecule has 2 aliphatic heterocycles. The molecule has 1 unspecified atom stereocenters. The molecule has 0 saturated carbocycles. The summed E-state index contributed by atoms with van der Waals surface area (Å²) < 4.78 is 11.7. The van der Waals surface area contributed by atoms with Crippen molar-refractivity contribution in [2.24, 2.45) is 0 Å². The van der Waals surface area contributed by atoms with Gasteiger partial charge in [0.15, 0.2) is 12.0 Å². The number of nitrogens with one attached hydrogen (secondary N) is 1. The molecular weight excluding hydrogens is 359 g/mol. The molecule has 0 spiro atoms. The molecule has 4 rings (SSSR count). The predicted molar refractivity (Wildman–Crippen MR) is 102 cm³/mol. The quantitative estimate of drug-likeness (QED) is 0.775. The minimum Gasteiger partial charge on any atom is -0.465 e. The number of anilines is 2. The zero-order valence-corrected chi connectivity index (χ0v) is 15.0. The number of ether oxygens (including phenoxy) is 2. The Bertz CT molecular complexity index is 880. The van der Waals surface area contributed by atoms with E-state index in [4.69, 9.17) is 32.7 Å². The van der Waals surface area contributed by atoms with E-state index in [-0.39, 0.29) is 6.23 Å². The van der Waals surface area contributed by atoms with Crippen LogP contribution >= 0.6 is 23.2 Å². The predicted octanol–water partition coefficient (Wildman–Crippen LogP) is 5.44. The Hall–Kier alpha value is -2.30. The lowest BCUT2D eigenvalue weighted by Crippen LogP contribution is -2.19. The van der Waals surface area contributed by atoms with Crippen molar-refractivity contribution < 1.29 is 9.47 Å². The zero-order chi connectivity index (χ0) is 17.4. The van der Waals surface area contributed by atoms with Crippen LogP contribution in [0.3, 0.4) is 0 Å². The number of hydrogen-bond donors (Lipinski definition) is 1. The van der Waals surface area contributed by atoms with Crippen LogP contribution < -0.4 is 19.7 Å². The standard InChI is InChI=1S/C19H16Cl2N2O2/c1-2-23-15-11-13(21)7-9-17(15)25-19(23)5-3-4-18-22-14-10-12(20)6-8-16(14)24-18/h3-11,18,22H,2H2,1H3. The summed E-state index contributed by atoms with van der Waals surface area (Å²) in [6.07, 6.45) is 5.52. The highest BCUT2D eigenvalue weighted by Gasteiger charge is 2.25. The summed E-state index contributed by atoms with van der Waals surface area (Å²) in [7, 11) is 0. The van der Waals surface area contributed by atoms with Gasteiger partial charge in [-0.1, -0.05) is 29.3 Å². The van der Waals surface area contributed by atoms with E-state index in [1.54, 1.807) is 0 Å². The average molecular weight is 375 g/mol. The van der Waals surface area contributed by atoms with Gasteiger partial charge in [-0.15, -0.1) is 0 Å². The normalized spacial score (nSPS) is 19.6. The molecule has 25 heavy (non-hydrogen) atoms. The Labute approximate surface area is 156 Å². The van der Waals surface area contributed by atoms with E-state index in [2.05, 4.69) is 17.1 Å². The highest BCUT2D eigenvalue weighted by atomic mass is 35.5. The van der Waals surface area contributed by atoms with Crippen LogP contribution in [0.5, 0.6) is 11.5 Å². The van der Waals surface area contributed by atoms with Gasteiger partial charge in [0, 0.05) is 16.6 Å². The van der Waals surface area contributed by atoms with Crippen LogP contribution in [0.1, 0.15) is 6.92 Å². The van der Waals surface area contributed by atoms with Crippen LogP contribution in [0, 0.1) is 0 Å². The smallest absolute Gasteiger partial charge is 0.200 e. The van der Waals surface area contributed by atoms with E-state index >= 15 is 0 Å². The monoisotopic (exact) mass is 374 g/mol. The van der Waals surface area contributed by atoms with E-state index < -0.39 is 0 Å². The third-order valence-corrected chi connectivity index (χ3v) is 4.50. The van der Waals surface area contributed by atoms with Crippen molar-refractivity contribution in [1.29, 1.82) is 0 Å². The van der Waals surface area contributed by atoms with Gasteiger partial charge in [-0.3, -0.25) is 0 Å². The third kappa shape index (κ3) is 3.15. The molecule has 0 aliphatic carbocycles. The second-order valence-corrected chi connectivity index (χ2v) is 6.54. The van der Waals surface area contributed by atoms with E-state index in [1.807, 2.05) is 54.6 Å². The van der Waals surface area contributed by atoms with E-state index in [1.165, 1.54) is 0 Å². The van der Waals surface area contributed by atoms with Gasteiger partial charge in [-0.2, -0.15) is 0 Å². The summed E-state index contributed by atoms with van der Waals surface area (Å²) in [4.78, 5) is 2.07. The van der Waals surface area contributed by atoms with Crippen molar-refractivity contribution in [3.63, 3.8) is 0 Å². The number of allylic oxidation sites excluding steroid dienone is 2. The maximum Gasteiger partial charge on any atom is 0.200 e. The van der Waals surface area contributed by atoms with Crippen molar-refractivity contribution >= 4 is 34.6 Å². The molecule has 0 fully saturated rings. The van der Waals surface area contributed by atoms with Crippen LogP contribution in [0.2, 0.25) is 10.0 Å². The van der Waals surface area contributed by atoms with Crippen molar-refractivity contribution in [2.75, 3.05) is 16.8 Å². The first-order valence-electron chi connectivity index (χ1n) is 8.00. The second-order valence-electron chi connectivity index (χ2n) is 5.67. The van der Waals surface area contributed by atoms with Gasteiger partial charge in [0.25, 0.3) is 0 Å². The van der Waals surface area contributed by atoms with Crippen LogP contribution in [-0.4, -0.2) is 12.8 Å². The number of rotatable bonds is 3. The first-order valence-corrected chi connectivity index (χ1v) is 8.76. The molecule has 0 bridgehead atoms. The summed E-state index contributed by atoms with van der Waals surface area (Å²) in [5.74, 6) is 2.36. The molecule has 2 aliphatic rings. The molecule has 1 atom stereocenters. The molecule has 2 aromatic rings. The first-order chi connectivity index (χ1) is 12.1. The van der Waals surface area contributed by atoms with E-state index in [0.29, 0.717) is 10.0 Å². The number of hydrogen-bond acceptors (Lipinski definition) is 4. The molecule has 128 valence electrons. The fourth-order valence-electron chi connectivity index (χ4n) is 2.89. The minimum absolute atomic E-state index is 0.237. The molecule has 0 aromatic heterocycles. The summed E-state index contributed by atoms with van der Waals surface area (Å²) in [5, 5.41) is 4.62. The number of nitrogens with zero attached hydrogens (tertiary/aromatic N) is 1. The molecule has 4 nitrogen and oxygen atoms in total. The largest absolute Gasteiger partial charge is 0.465 e. The topological polar surface area (TPSA) is 33.7 Å². The maximum atomic E-state index is 6.09. The van der Waals surface area contributed by atoms with Gasteiger partial charge in [-0.05, 0) is 55.5 Å². The minimum atomic E-state index is -0.237. The fourth-order valence-corrected chi connectivity index (χ4v) is 3.23. The summed E-state index contributed by atoms with van der Waals surface area (Å²) >= 11 is 12.1. The van der Waals surface area contributed by atoms with Crippen molar-refractivity contribution in [1.82, 2.24) is 0 Å². The van der Waals surface area contributed by atoms with Gasteiger partial charge in [-0.25, -0.2) is 0 Å². The zero-order valence-electron chi connectivity index (χ0n) is 13.5. The Morgan fingerprint density at radius 1 is 1.12 bits per heavy atom. The van der Waals surface area contributed by atoms with Crippen molar-refractivity contribution in [3.8, 4) is 11.5 Å². The van der Waals surface area contributed by atoms with E-state index in [0.717, 1.165) is 35.3 Å². The van der Waals surface area contributed by atoms with Crippen molar-refractivity contribution in [2.45, 2.75) is 13.2 Å². The molecule has 0 amide bonds. The van der Waals surface area contributed by atoms with Gasteiger partial charge in [0.1, 0.15) is 5.75 Å². The van der Waals surface area contributed by atoms with Gasteiger partial charge in [0.2, 0.25) is 5.88 Å².